The maximum Gasteiger partial charge on any atom is 0.295 e. The number of nitrogens with zero attached hydrogens (tertiary/aromatic N) is 3. The van der Waals surface area contributed by atoms with Crippen molar-refractivity contribution < 1.29 is 29.1 Å². The summed E-state index contributed by atoms with van der Waals surface area (Å²) in [6, 6.07) is 11.3. The van der Waals surface area contributed by atoms with Crippen molar-refractivity contribution in [1.82, 2.24) is 9.80 Å². The van der Waals surface area contributed by atoms with E-state index in [0.29, 0.717) is 43.1 Å². The molecular weight excluding hydrogens is 454 g/mol. The van der Waals surface area contributed by atoms with Gasteiger partial charge in [-0.1, -0.05) is 12.1 Å². The number of amides is 1. The van der Waals surface area contributed by atoms with Gasteiger partial charge in [0.05, 0.1) is 36.9 Å². The fourth-order valence-electron chi connectivity index (χ4n) is 4.46. The van der Waals surface area contributed by atoms with Gasteiger partial charge in [-0.15, -0.1) is 0 Å². The smallest absolute Gasteiger partial charge is 0.295 e. The van der Waals surface area contributed by atoms with Crippen LogP contribution >= 0.6 is 0 Å². The lowest BCUT2D eigenvalue weighted by Crippen LogP contribution is -2.39. The summed E-state index contributed by atoms with van der Waals surface area (Å²) in [6.07, 6.45) is 0.598. The number of methoxy groups -OCH3 is 1. The van der Waals surface area contributed by atoms with Crippen molar-refractivity contribution in [2.45, 2.75) is 12.5 Å². The van der Waals surface area contributed by atoms with Crippen LogP contribution in [0.4, 0.5) is 5.69 Å². The molecule has 0 saturated carbocycles. The number of aliphatic hydroxyl groups is 1. The van der Waals surface area contributed by atoms with Gasteiger partial charge in [-0.05, 0) is 36.2 Å². The predicted molar refractivity (Wildman–Crippen MR) is 127 cm³/mol. The zero-order chi connectivity index (χ0) is 24.9. The van der Waals surface area contributed by atoms with Gasteiger partial charge in [-0.2, -0.15) is 0 Å². The van der Waals surface area contributed by atoms with Crippen LogP contribution in [0.3, 0.4) is 0 Å². The molecule has 10 heteroatoms. The summed E-state index contributed by atoms with van der Waals surface area (Å²) in [7, 11) is 1.51. The van der Waals surface area contributed by atoms with Crippen molar-refractivity contribution in [3.8, 4) is 5.75 Å². The lowest BCUT2D eigenvalue weighted by molar-refractivity contribution is -0.384. The largest absolute Gasteiger partial charge is 0.507 e. The van der Waals surface area contributed by atoms with Crippen LogP contribution in [-0.4, -0.2) is 78.0 Å². The third-order valence-corrected chi connectivity index (χ3v) is 6.28. The zero-order valence-electron chi connectivity index (χ0n) is 19.4. The summed E-state index contributed by atoms with van der Waals surface area (Å²) in [5.41, 5.74) is 0.477. The Balaban J connectivity index is 1.70. The molecule has 2 heterocycles. The molecule has 0 bridgehead atoms. The maximum absolute atomic E-state index is 13.1. The topological polar surface area (TPSA) is 122 Å². The van der Waals surface area contributed by atoms with E-state index in [-0.39, 0.29) is 23.6 Å². The average Bonchev–Trinajstić information content (AvgIpc) is 3.14. The highest BCUT2D eigenvalue weighted by molar-refractivity contribution is 6.46. The van der Waals surface area contributed by atoms with Gasteiger partial charge >= 0.3 is 0 Å². The van der Waals surface area contributed by atoms with Gasteiger partial charge in [0, 0.05) is 43.9 Å². The Hall–Kier alpha value is -3.76. The van der Waals surface area contributed by atoms with Crippen LogP contribution in [0, 0.1) is 10.1 Å². The summed E-state index contributed by atoms with van der Waals surface area (Å²) in [5, 5.41) is 22.5. The van der Waals surface area contributed by atoms with Crippen molar-refractivity contribution in [2.24, 2.45) is 0 Å². The van der Waals surface area contributed by atoms with E-state index in [1.807, 2.05) is 0 Å². The van der Waals surface area contributed by atoms with Crippen LogP contribution in [0.1, 0.15) is 23.6 Å². The molecule has 0 radical (unpaired) electrons. The number of hydrogen-bond donors (Lipinski definition) is 1. The Labute approximate surface area is 202 Å². The lowest BCUT2D eigenvalue weighted by atomic mass is 9.95. The Kier molecular flexibility index (Phi) is 7.42. The molecule has 2 fully saturated rings. The van der Waals surface area contributed by atoms with Gasteiger partial charge in [-0.3, -0.25) is 24.6 Å². The van der Waals surface area contributed by atoms with E-state index in [0.717, 1.165) is 13.1 Å². The van der Waals surface area contributed by atoms with Crippen LogP contribution < -0.4 is 4.74 Å². The number of benzene rings is 2. The first-order valence-electron chi connectivity index (χ1n) is 11.4. The fourth-order valence-corrected chi connectivity index (χ4v) is 4.46. The molecule has 184 valence electrons. The Morgan fingerprint density at radius 2 is 1.86 bits per heavy atom. The SMILES string of the molecule is COc1ccc(/C(O)=C2/C(=O)C(=O)N(CCCN3CCOCC3)C2c2cccc([N+](=O)[O-])c2)cc1. The van der Waals surface area contributed by atoms with E-state index < -0.39 is 22.7 Å². The van der Waals surface area contributed by atoms with Crippen LogP contribution in [0.2, 0.25) is 0 Å². The minimum absolute atomic E-state index is 0.0907. The maximum atomic E-state index is 13.1. The molecule has 1 unspecified atom stereocenters. The van der Waals surface area contributed by atoms with Crippen molar-refractivity contribution in [2.75, 3.05) is 46.5 Å². The molecule has 2 saturated heterocycles. The molecule has 2 aromatic rings. The number of nitro benzene ring substituents is 1. The molecule has 0 aliphatic carbocycles. The predicted octanol–water partition coefficient (Wildman–Crippen LogP) is 2.75. The average molecular weight is 482 g/mol. The Bertz CT molecular complexity index is 1140. The molecule has 0 spiro atoms. The third-order valence-electron chi connectivity index (χ3n) is 6.28. The molecule has 2 aliphatic heterocycles. The normalized spacial score (nSPS) is 20.3. The van der Waals surface area contributed by atoms with Gasteiger partial charge in [0.1, 0.15) is 11.5 Å². The number of carbonyl (C=O) groups is 2. The van der Waals surface area contributed by atoms with E-state index >= 15 is 0 Å². The van der Waals surface area contributed by atoms with Crippen molar-refractivity contribution in [1.29, 1.82) is 0 Å². The summed E-state index contributed by atoms with van der Waals surface area (Å²) >= 11 is 0. The Morgan fingerprint density at radius 3 is 2.51 bits per heavy atom. The minimum atomic E-state index is -0.943. The number of aliphatic hydroxyl groups excluding tert-OH is 1. The van der Waals surface area contributed by atoms with E-state index in [4.69, 9.17) is 9.47 Å². The zero-order valence-corrected chi connectivity index (χ0v) is 19.4. The first-order chi connectivity index (χ1) is 16.9. The number of ketones is 1. The van der Waals surface area contributed by atoms with E-state index in [9.17, 15) is 24.8 Å². The Morgan fingerprint density at radius 1 is 1.14 bits per heavy atom. The first kappa shape index (κ1) is 24.4. The second kappa shape index (κ2) is 10.7. The standard InChI is InChI=1S/C25H27N3O7/c1-34-20-8-6-17(7-9-20)23(29)21-22(18-4-2-5-19(16-18)28(32)33)27(25(31)24(21)30)11-3-10-26-12-14-35-15-13-26/h2,4-9,16,22,29H,3,10-15H2,1H3/b23-21-. The second-order valence-corrected chi connectivity index (χ2v) is 8.38. The third kappa shape index (κ3) is 5.18. The van der Waals surface area contributed by atoms with E-state index in [1.54, 1.807) is 30.3 Å². The number of Topliss-reactive ketones (excluding diaryl/α,β-unsaturated/α-hetero) is 1. The van der Waals surface area contributed by atoms with Crippen LogP contribution in [0.15, 0.2) is 54.1 Å². The molecule has 1 amide bonds. The van der Waals surface area contributed by atoms with Crippen LogP contribution in [-0.2, 0) is 14.3 Å². The number of likely N-dealkylation sites (tertiary alicyclic amines) is 1. The molecule has 1 atom stereocenters. The van der Waals surface area contributed by atoms with E-state index in [1.165, 1.54) is 30.2 Å². The summed E-state index contributed by atoms with van der Waals surface area (Å²) in [6.45, 7) is 3.87. The van der Waals surface area contributed by atoms with Gasteiger partial charge in [-0.25, -0.2) is 0 Å². The van der Waals surface area contributed by atoms with Gasteiger partial charge in [0.2, 0.25) is 0 Å². The molecule has 2 aromatic carbocycles. The fraction of sp³-hybridized carbons (Fsp3) is 0.360. The van der Waals surface area contributed by atoms with Crippen LogP contribution in [0.5, 0.6) is 5.75 Å². The lowest BCUT2D eigenvalue weighted by Gasteiger charge is -2.29. The molecule has 4 rings (SSSR count). The van der Waals surface area contributed by atoms with Crippen LogP contribution in [0.25, 0.3) is 5.76 Å². The number of non-ortho nitro benzene ring substituents is 1. The molecular formula is C25H27N3O7. The number of rotatable bonds is 8. The second-order valence-electron chi connectivity index (χ2n) is 8.38. The molecule has 0 aromatic heterocycles. The number of morpholine rings is 1. The molecule has 1 N–H and O–H groups in total. The summed E-state index contributed by atoms with van der Waals surface area (Å²) in [5.74, 6) is -1.32. The number of hydrogen-bond acceptors (Lipinski definition) is 8. The number of carbonyl (C=O) groups excluding carboxylic acids is 2. The summed E-state index contributed by atoms with van der Waals surface area (Å²) in [4.78, 5) is 40.7. The monoisotopic (exact) mass is 481 g/mol. The molecule has 10 nitrogen and oxygen atoms in total. The summed E-state index contributed by atoms with van der Waals surface area (Å²) < 4.78 is 10.5. The highest BCUT2D eigenvalue weighted by atomic mass is 16.6. The number of nitro groups is 1. The molecule has 2 aliphatic rings. The first-order valence-corrected chi connectivity index (χ1v) is 11.4. The van der Waals surface area contributed by atoms with Gasteiger partial charge in [0.15, 0.2) is 0 Å². The van der Waals surface area contributed by atoms with Gasteiger partial charge in [0.25, 0.3) is 17.4 Å². The molecule has 35 heavy (non-hydrogen) atoms. The van der Waals surface area contributed by atoms with E-state index in [2.05, 4.69) is 4.90 Å². The highest BCUT2D eigenvalue weighted by Crippen LogP contribution is 2.40. The quantitative estimate of drug-likeness (QED) is 0.201. The number of ether oxygens (including phenoxy) is 2. The highest BCUT2D eigenvalue weighted by Gasteiger charge is 2.46. The minimum Gasteiger partial charge on any atom is -0.507 e. The van der Waals surface area contributed by atoms with Crippen molar-refractivity contribution in [3.05, 3.63) is 75.3 Å². The van der Waals surface area contributed by atoms with Crippen molar-refractivity contribution >= 4 is 23.1 Å². The van der Waals surface area contributed by atoms with Crippen molar-refractivity contribution in [3.63, 3.8) is 0 Å². The van der Waals surface area contributed by atoms with Gasteiger partial charge < -0.3 is 19.5 Å².